The fourth-order valence-electron chi connectivity index (χ4n) is 3.65. The zero-order valence-electron chi connectivity index (χ0n) is 14.7. The molecule has 2 aliphatic rings. The van der Waals surface area contributed by atoms with Gasteiger partial charge in [0.15, 0.2) is 0 Å². The molecule has 0 saturated carbocycles. The van der Waals surface area contributed by atoms with Crippen LogP contribution in [-0.2, 0) is 9.53 Å². The number of carbonyl (C=O) groups is 1. The van der Waals surface area contributed by atoms with Gasteiger partial charge in [0.25, 0.3) is 0 Å². The fraction of sp³-hybridized carbons (Fsp3) is 0.632. The summed E-state index contributed by atoms with van der Waals surface area (Å²) < 4.78 is 10.8. The highest BCUT2D eigenvalue weighted by Gasteiger charge is 2.32. The second-order valence-corrected chi connectivity index (χ2v) is 6.81. The topological polar surface area (TPSA) is 50.8 Å². The quantitative estimate of drug-likeness (QED) is 0.869. The van der Waals surface area contributed by atoms with Gasteiger partial charge in [-0.15, -0.1) is 0 Å². The Kier molecular flexibility index (Phi) is 5.74. The molecule has 5 nitrogen and oxygen atoms in total. The second-order valence-electron chi connectivity index (χ2n) is 6.81. The van der Waals surface area contributed by atoms with Crippen molar-refractivity contribution in [1.29, 1.82) is 0 Å². The van der Waals surface area contributed by atoms with Crippen LogP contribution in [0, 0.1) is 5.92 Å². The Morgan fingerprint density at radius 3 is 2.62 bits per heavy atom. The number of hydrogen-bond acceptors (Lipinski definition) is 4. The van der Waals surface area contributed by atoms with Crippen LogP contribution in [0.3, 0.4) is 0 Å². The molecule has 0 aliphatic carbocycles. The first kappa shape index (κ1) is 17.2. The smallest absolute Gasteiger partial charge is 0.226 e. The Bertz CT molecular complexity index is 540. The van der Waals surface area contributed by atoms with Crippen LogP contribution in [0.1, 0.15) is 37.8 Å². The van der Waals surface area contributed by atoms with Gasteiger partial charge in [0.05, 0.1) is 25.2 Å². The summed E-state index contributed by atoms with van der Waals surface area (Å²) in [4.78, 5) is 15.1. The number of amides is 1. The third-order valence-corrected chi connectivity index (χ3v) is 5.19. The molecule has 0 bridgehead atoms. The van der Waals surface area contributed by atoms with Crippen LogP contribution in [0.25, 0.3) is 0 Å². The van der Waals surface area contributed by atoms with Crippen LogP contribution in [-0.4, -0.2) is 50.3 Å². The zero-order chi connectivity index (χ0) is 16.9. The van der Waals surface area contributed by atoms with Gasteiger partial charge in [-0.25, -0.2) is 0 Å². The van der Waals surface area contributed by atoms with Crippen LogP contribution in [0.5, 0.6) is 5.75 Å². The summed E-state index contributed by atoms with van der Waals surface area (Å²) in [7, 11) is 1.67. The maximum atomic E-state index is 12.7. The van der Waals surface area contributed by atoms with Gasteiger partial charge >= 0.3 is 0 Å². The molecular formula is C19H28N2O3. The largest absolute Gasteiger partial charge is 0.497 e. The van der Waals surface area contributed by atoms with Crippen LogP contribution < -0.4 is 10.1 Å². The SMILES string of the molecule is COc1ccc(C(CN2CCCC2)NC(=O)C2CCOC2C)cc1. The van der Waals surface area contributed by atoms with E-state index in [2.05, 4.69) is 22.3 Å². The lowest BCUT2D eigenvalue weighted by Crippen LogP contribution is -2.41. The summed E-state index contributed by atoms with van der Waals surface area (Å²) in [6, 6.07) is 8.02. The van der Waals surface area contributed by atoms with E-state index in [9.17, 15) is 4.79 Å². The Morgan fingerprint density at radius 1 is 1.33 bits per heavy atom. The summed E-state index contributed by atoms with van der Waals surface area (Å²) in [6.07, 6.45) is 3.31. The van der Waals surface area contributed by atoms with Crippen molar-refractivity contribution in [2.75, 3.05) is 33.4 Å². The average molecular weight is 332 g/mol. The molecule has 2 aliphatic heterocycles. The van der Waals surface area contributed by atoms with Gasteiger partial charge in [-0.1, -0.05) is 12.1 Å². The van der Waals surface area contributed by atoms with E-state index in [1.54, 1.807) is 7.11 Å². The lowest BCUT2D eigenvalue weighted by Gasteiger charge is -2.26. The predicted molar refractivity (Wildman–Crippen MR) is 93.1 cm³/mol. The minimum atomic E-state index is -0.0377. The van der Waals surface area contributed by atoms with Gasteiger partial charge in [0.1, 0.15) is 5.75 Å². The predicted octanol–water partition coefficient (Wildman–Crippen LogP) is 2.37. The molecule has 1 aromatic carbocycles. The van der Waals surface area contributed by atoms with Crippen molar-refractivity contribution in [3.8, 4) is 5.75 Å². The molecular weight excluding hydrogens is 304 g/mol. The van der Waals surface area contributed by atoms with Crippen molar-refractivity contribution < 1.29 is 14.3 Å². The van der Waals surface area contributed by atoms with Gasteiger partial charge in [-0.2, -0.15) is 0 Å². The fourth-order valence-corrected chi connectivity index (χ4v) is 3.65. The minimum absolute atomic E-state index is 0.00769. The number of carbonyl (C=O) groups excluding carboxylic acids is 1. The molecule has 3 atom stereocenters. The summed E-state index contributed by atoms with van der Waals surface area (Å²) >= 11 is 0. The number of likely N-dealkylation sites (tertiary alicyclic amines) is 1. The van der Waals surface area contributed by atoms with Gasteiger partial charge < -0.3 is 19.7 Å². The van der Waals surface area contributed by atoms with Crippen molar-refractivity contribution in [2.24, 2.45) is 5.92 Å². The van der Waals surface area contributed by atoms with E-state index in [1.807, 2.05) is 19.1 Å². The Morgan fingerprint density at radius 2 is 2.04 bits per heavy atom. The molecule has 3 rings (SSSR count). The normalized spacial score (nSPS) is 25.6. The van der Waals surface area contributed by atoms with Crippen LogP contribution >= 0.6 is 0 Å². The molecule has 24 heavy (non-hydrogen) atoms. The van der Waals surface area contributed by atoms with Gasteiger partial charge in [-0.05, 0) is 57.0 Å². The third kappa shape index (κ3) is 4.08. The zero-order valence-corrected chi connectivity index (χ0v) is 14.7. The summed E-state index contributed by atoms with van der Waals surface area (Å²) in [5.74, 6) is 0.909. The second kappa shape index (κ2) is 7.99. The van der Waals surface area contributed by atoms with Crippen LogP contribution in [0.4, 0.5) is 0 Å². The van der Waals surface area contributed by atoms with Gasteiger partial charge in [0.2, 0.25) is 5.91 Å². The summed E-state index contributed by atoms with van der Waals surface area (Å²) in [5, 5.41) is 3.27. The van der Waals surface area contributed by atoms with Crippen LogP contribution in [0.15, 0.2) is 24.3 Å². The average Bonchev–Trinajstić information content (AvgIpc) is 3.26. The summed E-state index contributed by atoms with van der Waals surface area (Å²) in [5.41, 5.74) is 1.13. The molecule has 5 heteroatoms. The Hall–Kier alpha value is -1.59. The molecule has 1 N–H and O–H groups in total. The highest BCUT2D eigenvalue weighted by Crippen LogP contribution is 2.24. The number of nitrogens with zero attached hydrogens (tertiary/aromatic N) is 1. The maximum Gasteiger partial charge on any atom is 0.226 e. The van der Waals surface area contributed by atoms with E-state index >= 15 is 0 Å². The van der Waals surface area contributed by atoms with E-state index in [1.165, 1.54) is 12.8 Å². The minimum Gasteiger partial charge on any atom is -0.497 e. The first-order valence-electron chi connectivity index (χ1n) is 8.95. The number of hydrogen-bond donors (Lipinski definition) is 1. The van der Waals surface area contributed by atoms with E-state index in [-0.39, 0.29) is 24.0 Å². The standard InChI is InChI=1S/C19H28N2O3/c1-14-17(9-12-24-14)19(22)20-18(13-21-10-3-4-11-21)15-5-7-16(23-2)8-6-15/h5-8,14,17-18H,3-4,9-13H2,1-2H3,(H,20,22). The molecule has 132 valence electrons. The molecule has 1 aromatic rings. The highest BCUT2D eigenvalue weighted by atomic mass is 16.5. The Labute approximate surface area is 144 Å². The van der Waals surface area contributed by atoms with Crippen molar-refractivity contribution >= 4 is 5.91 Å². The molecule has 2 heterocycles. The molecule has 0 radical (unpaired) electrons. The van der Waals surface area contributed by atoms with Crippen molar-refractivity contribution in [2.45, 2.75) is 38.3 Å². The van der Waals surface area contributed by atoms with E-state index in [4.69, 9.17) is 9.47 Å². The molecule has 3 unspecified atom stereocenters. The number of methoxy groups -OCH3 is 1. The number of benzene rings is 1. The molecule has 2 fully saturated rings. The van der Waals surface area contributed by atoms with Gasteiger partial charge in [0, 0.05) is 13.2 Å². The maximum absolute atomic E-state index is 12.7. The first-order valence-corrected chi connectivity index (χ1v) is 8.95. The lowest BCUT2D eigenvalue weighted by molar-refractivity contribution is -0.127. The number of nitrogens with one attached hydrogen (secondary N) is 1. The van der Waals surface area contributed by atoms with E-state index in [0.29, 0.717) is 6.61 Å². The lowest BCUT2D eigenvalue weighted by atomic mass is 9.99. The van der Waals surface area contributed by atoms with Crippen molar-refractivity contribution in [3.05, 3.63) is 29.8 Å². The van der Waals surface area contributed by atoms with Crippen molar-refractivity contribution in [3.63, 3.8) is 0 Å². The number of ether oxygens (including phenoxy) is 2. The summed E-state index contributed by atoms with van der Waals surface area (Å²) in [6.45, 7) is 5.76. The molecule has 0 spiro atoms. The first-order chi connectivity index (χ1) is 11.7. The highest BCUT2D eigenvalue weighted by molar-refractivity contribution is 5.80. The van der Waals surface area contributed by atoms with E-state index < -0.39 is 0 Å². The van der Waals surface area contributed by atoms with Crippen LogP contribution in [0.2, 0.25) is 0 Å². The molecule has 1 amide bonds. The van der Waals surface area contributed by atoms with E-state index in [0.717, 1.165) is 37.4 Å². The Balaban J connectivity index is 1.71. The van der Waals surface area contributed by atoms with Crippen molar-refractivity contribution in [1.82, 2.24) is 10.2 Å². The third-order valence-electron chi connectivity index (χ3n) is 5.19. The monoisotopic (exact) mass is 332 g/mol. The number of rotatable bonds is 6. The molecule has 2 saturated heterocycles. The van der Waals surface area contributed by atoms with Gasteiger partial charge in [-0.3, -0.25) is 4.79 Å². The molecule has 0 aromatic heterocycles.